The molecule has 0 aliphatic carbocycles. The summed E-state index contributed by atoms with van der Waals surface area (Å²) >= 11 is 0. The number of allylic oxidation sites excluding steroid dienone is 4. The first-order chi connectivity index (χ1) is 20.8. The third kappa shape index (κ3) is 9.53. The van der Waals surface area contributed by atoms with Crippen molar-refractivity contribution in [3.8, 4) is 0 Å². The number of nitrogens with zero attached hydrogens (tertiary/aromatic N) is 5. The van der Waals surface area contributed by atoms with Crippen LogP contribution in [0.4, 0.5) is 9.18 Å². The summed E-state index contributed by atoms with van der Waals surface area (Å²) in [6.07, 6.45) is 11.1. The molecule has 3 rings (SSSR count). The minimum absolute atomic E-state index is 0.0404. The molecule has 2 aromatic rings. The van der Waals surface area contributed by atoms with Crippen LogP contribution in [0.2, 0.25) is 0 Å². The van der Waals surface area contributed by atoms with E-state index in [2.05, 4.69) is 48.9 Å². The zero-order chi connectivity index (χ0) is 33.0. The Kier molecular flexibility index (Phi) is 13.8. The number of amides is 1. The third-order valence-corrected chi connectivity index (χ3v) is 7.78. The second kappa shape index (κ2) is 16.8. The van der Waals surface area contributed by atoms with Gasteiger partial charge in [-0.2, -0.15) is 5.10 Å². The van der Waals surface area contributed by atoms with E-state index in [-0.39, 0.29) is 24.0 Å². The van der Waals surface area contributed by atoms with Crippen molar-refractivity contribution in [2.75, 3.05) is 13.1 Å². The Morgan fingerprint density at radius 2 is 1.80 bits per heavy atom. The maximum absolute atomic E-state index is 14.9. The molecular weight excluding hydrogens is 553 g/mol. The molecular formula is C36H52FN5O2. The summed E-state index contributed by atoms with van der Waals surface area (Å²) in [5, 5.41) is 3.93. The van der Waals surface area contributed by atoms with Crippen LogP contribution in [0.15, 0.2) is 78.4 Å². The normalized spacial score (nSPS) is 18.2. The van der Waals surface area contributed by atoms with Crippen LogP contribution < -0.4 is 0 Å². The van der Waals surface area contributed by atoms with Gasteiger partial charge in [0.05, 0.1) is 6.20 Å². The van der Waals surface area contributed by atoms with Crippen molar-refractivity contribution >= 4 is 23.5 Å². The predicted octanol–water partition coefficient (Wildman–Crippen LogP) is 8.67. The highest BCUT2D eigenvalue weighted by atomic mass is 19.1. The first-order valence-electron chi connectivity index (χ1n) is 15.5. The second-order valence-electron chi connectivity index (χ2n) is 11.8. The number of hydrogen-bond acceptors (Lipinski definition) is 5. The lowest BCUT2D eigenvalue weighted by atomic mass is 9.90. The van der Waals surface area contributed by atoms with Gasteiger partial charge in [0.25, 0.3) is 0 Å². The molecule has 7 nitrogen and oxygen atoms in total. The van der Waals surface area contributed by atoms with Crippen LogP contribution in [0.1, 0.15) is 85.8 Å². The van der Waals surface area contributed by atoms with E-state index in [9.17, 15) is 9.18 Å². The summed E-state index contributed by atoms with van der Waals surface area (Å²) in [4.78, 5) is 21.8. The minimum atomic E-state index is -0.493. The fraction of sp³-hybridized carbons (Fsp3) is 0.472. The highest BCUT2D eigenvalue weighted by Crippen LogP contribution is 2.33. The topological polar surface area (TPSA) is 63.0 Å². The molecule has 1 saturated heterocycles. The number of benzene rings is 1. The van der Waals surface area contributed by atoms with E-state index < -0.39 is 5.60 Å². The number of hydrogen-bond donors (Lipinski definition) is 0. The van der Waals surface area contributed by atoms with Crippen molar-refractivity contribution in [1.82, 2.24) is 19.6 Å². The monoisotopic (exact) mass is 605 g/mol. The molecule has 0 N–H and O–H groups in total. The summed E-state index contributed by atoms with van der Waals surface area (Å²) < 4.78 is 22.5. The highest BCUT2D eigenvalue weighted by Gasteiger charge is 2.36. The quantitative estimate of drug-likeness (QED) is 0.201. The zero-order valence-electron chi connectivity index (χ0n) is 28.2. The van der Waals surface area contributed by atoms with Gasteiger partial charge in [-0.3, -0.25) is 9.67 Å². The van der Waals surface area contributed by atoms with Crippen molar-refractivity contribution in [2.45, 2.75) is 92.3 Å². The first kappa shape index (κ1) is 36.3. The number of rotatable bonds is 10. The van der Waals surface area contributed by atoms with Crippen molar-refractivity contribution in [3.05, 3.63) is 90.3 Å². The first-order valence-corrected chi connectivity index (χ1v) is 15.5. The number of aliphatic imine (C=N–C) groups is 1. The molecule has 8 heteroatoms. The summed E-state index contributed by atoms with van der Waals surface area (Å²) in [5.74, 6) is -0.270. The Morgan fingerprint density at radius 1 is 1.16 bits per heavy atom. The van der Waals surface area contributed by atoms with Crippen molar-refractivity contribution in [1.29, 1.82) is 0 Å². The molecule has 240 valence electrons. The molecule has 2 heterocycles. The fourth-order valence-corrected chi connectivity index (χ4v) is 5.60. The molecule has 0 radical (unpaired) electrons. The Labute approximate surface area is 264 Å². The van der Waals surface area contributed by atoms with E-state index in [1.165, 1.54) is 6.07 Å². The third-order valence-electron chi connectivity index (χ3n) is 7.78. The number of carbonyl (C=O) groups excluding carboxylic acids is 1. The van der Waals surface area contributed by atoms with Gasteiger partial charge in [-0.15, -0.1) is 0 Å². The number of aromatic nitrogens is 2. The molecule has 1 aliphatic heterocycles. The van der Waals surface area contributed by atoms with Crippen LogP contribution in [-0.2, 0) is 11.8 Å². The van der Waals surface area contributed by atoms with E-state index in [1.807, 2.05) is 64.9 Å². The van der Waals surface area contributed by atoms with Crippen LogP contribution in [0.25, 0.3) is 11.6 Å². The summed E-state index contributed by atoms with van der Waals surface area (Å²) in [5.41, 5.74) is 4.68. The van der Waals surface area contributed by atoms with Crippen LogP contribution in [0, 0.1) is 5.82 Å². The summed E-state index contributed by atoms with van der Waals surface area (Å²) in [6.45, 7) is 24.8. The van der Waals surface area contributed by atoms with Gasteiger partial charge < -0.3 is 14.5 Å². The van der Waals surface area contributed by atoms with E-state index in [4.69, 9.17) is 4.74 Å². The molecule has 1 amide bonds. The highest BCUT2D eigenvalue weighted by molar-refractivity contribution is 6.14. The SMILES string of the molecule is C=CN=C(CC)C(/C(=C\C)c1ccccc1F)=C(\C)N1C[C@@H](C)N(C(=O)OC(C)(C)CCC)C[C@@H]1C.C=Cc1cnn(C)c1. The lowest BCUT2D eigenvalue weighted by Gasteiger charge is -2.46. The van der Waals surface area contributed by atoms with Crippen molar-refractivity contribution in [3.63, 3.8) is 0 Å². The molecule has 0 spiro atoms. The van der Waals surface area contributed by atoms with Gasteiger partial charge >= 0.3 is 6.09 Å². The van der Waals surface area contributed by atoms with Gasteiger partial charge in [0.2, 0.25) is 0 Å². The molecule has 44 heavy (non-hydrogen) atoms. The summed E-state index contributed by atoms with van der Waals surface area (Å²) in [7, 11) is 1.88. The van der Waals surface area contributed by atoms with Crippen LogP contribution >= 0.6 is 0 Å². The number of halogens is 1. The molecule has 1 aliphatic rings. The van der Waals surface area contributed by atoms with Crippen LogP contribution in [0.3, 0.4) is 0 Å². The van der Waals surface area contributed by atoms with Gasteiger partial charge in [0.15, 0.2) is 0 Å². The molecule has 1 fully saturated rings. The van der Waals surface area contributed by atoms with Crippen LogP contribution in [0.5, 0.6) is 0 Å². The van der Waals surface area contributed by atoms with Crippen molar-refractivity contribution in [2.24, 2.45) is 12.0 Å². The molecule has 1 aromatic carbocycles. The summed E-state index contributed by atoms with van der Waals surface area (Å²) in [6, 6.07) is 6.82. The van der Waals surface area contributed by atoms with Gasteiger partial charge in [-0.25, -0.2) is 9.18 Å². The van der Waals surface area contributed by atoms with Gasteiger partial charge in [0.1, 0.15) is 11.4 Å². The average molecular weight is 606 g/mol. The van der Waals surface area contributed by atoms with Gasteiger partial charge in [-0.05, 0) is 66.0 Å². The van der Waals surface area contributed by atoms with Crippen LogP contribution in [-0.4, -0.2) is 62.2 Å². The maximum atomic E-state index is 14.9. The van der Waals surface area contributed by atoms with Gasteiger partial charge in [0, 0.05) is 72.7 Å². The average Bonchev–Trinajstić information content (AvgIpc) is 3.41. The molecule has 0 bridgehead atoms. The lowest BCUT2D eigenvalue weighted by molar-refractivity contribution is -0.0158. The molecule has 0 saturated carbocycles. The number of aryl methyl sites for hydroxylation is 1. The van der Waals surface area contributed by atoms with Gasteiger partial charge in [-0.1, -0.05) is 63.8 Å². The smallest absolute Gasteiger partial charge is 0.410 e. The Hall–Kier alpha value is -3.94. The number of piperazine rings is 1. The fourth-order valence-electron chi connectivity index (χ4n) is 5.60. The Morgan fingerprint density at radius 3 is 2.30 bits per heavy atom. The largest absolute Gasteiger partial charge is 0.443 e. The maximum Gasteiger partial charge on any atom is 0.410 e. The minimum Gasteiger partial charge on any atom is -0.443 e. The number of carbonyl (C=O) groups is 1. The van der Waals surface area contributed by atoms with E-state index in [1.54, 1.807) is 35.3 Å². The number of ether oxygens (including phenoxy) is 1. The van der Waals surface area contributed by atoms with Crippen molar-refractivity contribution < 1.29 is 13.9 Å². The molecule has 2 atom stereocenters. The second-order valence-corrected chi connectivity index (χ2v) is 11.8. The van der Waals surface area contributed by atoms with E-state index in [0.29, 0.717) is 25.1 Å². The Bertz CT molecular complexity index is 1370. The van der Waals surface area contributed by atoms with E-state index >= 15 is 0 Å². The molecule has 0 unspecified atom stereocenters. The lowest BCUT2D eigenvalue weighted by Crippen LogP contribution is -2.58. The predicted molar refractivity (Wildman–Crippen MR) is 182 cm³/mol. The Balaban J connectivity index is 0.000000727. The standard InChI is InChI=1S/C30H44FN3O2.C6H8N2/c1-10-18-30(8,9)36-29(35)34-20-21(5)33(19-22(34)6)23(7)28(27(12-3)32-13-4)24(11-2)25-16-14-15-17-26(25)31;1-3-6-4-7-8(2)5-6/h11,13-17,21-22H,4,10,12,18-20H2,1-3,5-9H3;3-5H,1H2,2H3/b24-11-,28-23+,32-27?;/t21-,22+;/m0./s1. The van der Waals surface area contributed by atoms with E-state index in [0.717, 1.165) is 41.0 Å². The molecule has 1 aromatic heterocycles. The zero-order valence-corrected chi connectivity index (χ0v) is 28.2.